The average molecular weight is 363 g/mol. The maximum atomic E-state index is 3.22. The molecule has 2 unspecified atom stereocenters. The quantitative estimate of drug-likeness (QED) is 0.370. The van der Waals surface area contributed by atoms with Crippen molar-refractivity contribution in [3.05, 3.63) is 47.6 Å². The van der Waals surface area contributed by atoms with Gasteiger partial charge in [0.05, 0.1) is 0 Å². The van der Waals surface area contributed by atoms with Crippen molar-refractivity contribution in [1.29, 1.82) is 0 Å². The third kappa shape index (κ3) is 16.5. The zero-order chi connectivity index (χ0) is 14.1. The maximum Gasteiger partial charge on any atom is -1.00 e. The Kier molecular flexibility index (Phi) is 18.3. The molecule has 2 aliphatic rings. The minimum atomic E-state index is 0. The Hall–Kier alpha value is 0.471. The van der Waals surface area contributed by atoms with Gasteiger partial charge < -0.3 is 24.8 Å². The first-order valence-electron chi connectivity index (χ1n) is 6.39. The molecule has 0 bridgehead atoms. The molecule has 2 aliphatic carbocycles. The van der Waals surface area contributed by atoms with Crippen molar-refractivity contribution in [3.63, 3.8) is 0 Å². The van der Waals surface area contributed by atoms with Gasteiger partial charge in [0.15, 0.2) is 0 Å². The van der Waals surface area contributed by atoms with Crippen molar-refractivity contribution in [2.75, 3.05) is 0 Å². The first kappa shape index (κ1) is 25.4. The van der Waals surface area contributed by atoms with E-state index in [1.165, 1.54) is 11.1 Å². The third-order valence-corrected chi connectivity index (χ3v) is 2.18. The zero-order valence-corrected chi connectivity index (χ0v) is 17.3. The number of allylic oxidation sites excluding steroid dienone is 8. The van der Waals surface area contributed by atoms with Gasteiger partial charge in [-0.15, -0.1) is 0 Å². The summed E-state index contributed by atoms with van der Waals surface area (Å²) in [7, 11) is 0. The molecule has 2 atom stereocenters. The van der Waals surface area contributed by atoms with Crippen LogP contribution in [0.4, 0.5) is 0 Å². The van der Waals surface area contributed by atoms with Crippen LogP contribution in [0.5, 0.6) is 0 Å². The van der Waals surface area contributed by atoms with E-state index in [2.05, 4.69) is 96.4 Å². The molecule has 0 nitrogen and oxygen atoms in total. The molecular formula is C16H24Cl2SiTi-2. The summed E-state index contributed by atoms with van der Waals surface area (Å²) in [6.45, 7) is 12.9. The van der Waals surface area contributed by atoms with Gasteiger partial charge >= 0.3 is 38.5 Å². The van der Waals surface area contributed by atoms with Crippen LogP contribution in [-0.2, 0) is 19.2 Å². The number of hydrogen-bond acceptors (Lipinski definition) is 0. The summed E-state index contributed by atoms with van der Waals surface area (Å²) in [5, 5.41) is 0. The van der Waals surface area contributed by atoms with Crippen molar-refractivity contribution in [1.82, 2.24) is 0 Å². The molecule has 0 saturated carbocycles. The molecular weight excluding hydrogens is 339 g/mol. The summed E-state index contributed by atoms with van der Waals surface area (Å²) < 4.78 is 0. The summed E-state index contributed by atoms with van der Waals surface area (Å²) in [6.07, 6.45) is 15.1. The van der Waals surface area contributed by atoms with Crippen LogP contribution in [-0.4, -0.2) is 6.19 Å². The second-order valence-electron chi connectivity index (χ2n) is 4.95. The Bertz CT molecular complexity index is 359. The fraction of sp³-hybridized carbons (Fsp3) is 0.500. The van der Waals surface area contributed by atoms with Gasteiger partial charge in [0.1, 0.15) is 0 Å². The predicted molar refractivity (Wildman–Crippen MR) is 79.0 cm³/mol. The van der Waals surface area contributed by atoms with E-state index in [1.807, 2.05) is 0 Å². The SMILES string of the molecule is CC1=[C-]C(C)C=C1.CC1=[C-]C(C)C=C1.C[Si](C)=[Ti+2].[Cl-].[Cl-]. The molecule has 0 heterocycles. The van der Waals surface area contributed by atoms with Crippen molar-refractivity contribution < 1.29 is 44.0 Å². The van der Waals surface area contributed by atoms with Gasteiger partial charge in [-0.2, -0.15) is 12.2 Å². The number of hydrogen-bond donors (Lipinski definition) is 0. The fourth-order valence-electron chi connectivity index (χ4n) is 1.49. The molecule has 2 rings (SSSR count). The van der Waals surface area contributed by atoms with E-state index in [9.17, 15) is 0 Å². The average Bonchev–Trinajstić information content (AvgIpc) is 2.76. The summed E-state index contributed by atoms with van der Waals surface area (Å²) in [4.78, 5) is 0. The molecule has 0 aromatic carbocycles. The largest absolute Gasteiger partial charge is 1.00 e. The van der Waals surface area contributed by atoms with Crippen LogP contribution in [0, 0.1) is 24.0 Å². The molecule has 0 fully saturated rings. The molecule has 0 spiro atoms. The predicted octanol–water partition coefficient (Wildman–Crippen LogP) is -1.32. The second kappa shape index (κ2) is 14.4. The Morgan fingerprint density at radius 2 is 1.15 bits per heavy atom. The second-order valence-corrected chi connectivity index (χ2v) is 11.6. The topological polar surface area (TPSA) is 0 Å². The Labute approximate surface area is 149 Å². The van der Waals surface area contributed by atoms with Crippen LogP contribution >= 0.6 is 0 Å². The van der Waals surface area contributed by atoms with Crippen molar-refractivity contribution in [3.8, 4) is 0 Å². The van der Waals surface area contributed by atoms with E-state index in [-0.39, 0.29) is 31.0 Å². The summed E-state index contributed by atoms with van der Waals surface area (Å²) >= 11 is 2.27. The number of halogens is 2. The van der Waals surface area contributed by atoms with E-state index in [0.717, 1.165) is 0 Å². The van der Waals surface area contributed by atoms with Crippen molar-refractivity contribution in [2.45, 2.75) is 40.8 Å². The van der Waals surface area contributed by atoms with E-state index in [1.54, 1.807) is 0 Å². The Balaban J connectivity index is -0.000000215. The summed E-state index contributed by atoms with van der Waals surface area (Å²) in [5.74, 6) is 1.11. The van der Waals surface area contributed by atoms with E-state index in [0.29, 0.717) is 11.8 Å². The standard InChI is InChI=1S/2C7H9.C2H6Si.2ClH.Ti/c2*1-6-3-4-7(2)5-6;1-3-2;;;/h2*3-4,6H,1-2H3;1-2H3;2*1H;/q2*-1;;;;+2/p-2. The molecule has 0 radical (unpaired) electrons. The maximum absolute atomic E-state index is 3.22. The normalized spacial score (nSPS) is 21.2. The van der Waals surface area contributed by atoms with Crippen LogP contribution in [0.2, 0.25) is 13.1 Å². The smallest absolute Gasteiger partial charge is 1.00 e. The molecule has 112 valence electrons. The molecule has 0 aromatic heterocycles. The summed E-state index contributed by atoms with van der Waals surface area (Å²) in [6, 6.07) is 0. The van der Waals surface area contributed by atoms with Gasteiger partial charge in [0, 0.05) is 0 Å². The minimum absolute atomic E-state index is 0. The Morgan fingerprint density at radius 1 is 0.900 bits per heavy atom. The molecule has 20 heavy (non-hydrogen) atoms. The molecule has 0 N–H and O–H groups in total. The molecule has 0 amide bonds. The van der Waals surface area contributed by atoms with E-state index in [4.69, 9.17) is 0 Å². The van der Waals surface area contributed by atoms with Crippen molar-refractivity contribution >= 4 is 6.19 Å². The van der Waals surface area contributed by atoms with Gasteiger partial charge in [0.2, 0.25) is 0 Å². The van der Waals surface area contributed by atoms with Crippen molar-refractivity contribution in [2.24, 2.45) is 11.8 Å². The number of rotatable bonds is 0. The molecule has 0 saturated heterocycles. The van der Waals surface area contributed by atoms with Gasteiger partial charge in [-0.25, -0.2) is 23.3 Å². The third-order valence-electron chi connectivity index (χ3n) is 2.18. The van der Waals surface area contributed by atoms with Crippen LogP contribution in [0.3, 0.4) is 0 Å². The summed E-state index contributed by atoms with van der Waals surface area (Å²) in [5.41, 5.74) is 2.54. The van der Waals surface area contributed by atoms with Gasteiger partial charge in [-0.3, -0.25) is 12.2 Å². The van der Waals surface area contributed by atoms with E-state index >= 15 is 0 Å². The molecule has 0 aromatic rings. The molecule has 0 aliphatic heterocycles. The van der Waals surface area contributed by atoms with E-state index < -0.39 is 0 Å². The first-order valence-corrected chi connectivity index (χ1v) is 11.2. The van der Waals surface area contributed by atoms with Crippen LogP contribution in [0.15, 0.2) is 35.5 Å². The Morgan fingerprint density at radius 3 is 1.20 bits per heavy atom. The minimum Gasteiger partial charge on any atom is -1.00 e. The zero-order valence-electron chi connectivity index (χ0n) is 13.2. The van der Waals surface area contributed by atoms with Gasteiger partial charge in [0.25, 0.3) is 0 Å². The van der Waals surface area contributed by atoms with Crippen LogP contribution in [0.25, 0.3) is 0 Å². The molecule has 4 heteroatoms. The van der Waals surface area contributed by atoms with Crippen LogP contribution in [0.1, 0.15) is 27.7 Å². The first-order chi connectivity index (χ1) is 8.31. The van der Waals surface area contributed by atoms with Gasteiger partial charge in [-0.05, 0) is 0 Å². The van der Waals surface area contributed by atoms with Crippen LogP contribution < -0.4 is 24.8 Å². The fourth-order valence-corrected chi connectivity index (χ4v) is 1.49. The monoisotopic (exact) mass is 362 g/mol. The van der Waals surface area contributed by atoms with Gasteiger partial charge in [-0.1, -0.05) is 39.5 Å².